The maximum Gasteiger partial charge on any atom is 0.326 e. The molecule has 1 aliphatic heterocycles. The van der Waals surface area contributed by atoms with E-state index in [2.05, 4.69) is 5.32 Å². The molecule has 1 aliphatic rings. The minimum atomic E-state index is -3.85. The standard InChI is InChI=1S/C18H23FN2O5S/c1-2-3-6-16(18(23)24)20-17(22)13-5-4-11-21(12-13)27(25,26)15-9-7-14(19)8-10-15/h2-3,7-10,13,16H,4-6,11-12H2,1H3,(H,20,22)(H,23,24)/b3-2+. The summed E-state index contributed by atoms with van der Waals surface area (Å²) in [6.07, 6.45) is 4.44. The van der Waals surface area contributed by atoms with Gasteiger partial charge in [-0.3, -0.25) is 4.79 Å². The molecule has 2 rings (SSSR count). The molecule has 0 spiro atoms. The Morgan fingerprint density at radius 1 is 1.37 bits per heavy atom. The molecular formula is C18H23FN2O5S. The Morgan fingerprint density at radius 2 is 2.04 bits per heavy atom. The van der Waals surface area contributed by atoms with Gasteiger partial charge in [-0.05, 0) is 50.5 Å². The van der Waals surface area contributed by atoms with Crippen molar-refractivity contribution in [3.63, 3.8) is 0 Å². The van der Waals surface area contributed by atoms with Gasteiger partial charge in [-0.25, -0.2) is 17.6 Å². The maximum atomic E-state index is 13.0. The van der Waals surface area contributed by atoms with E-state index in [4.69, 9.17) is 0 Å². The number of nitrogens with zero attached hydrogens (tertiary/aromatic N) is 1. The van der Waals surface area contributed by atoms with Crippen LogP contribution in [-0.4, -0.2) is 48.8 Å². The van der Waals surface area contributed by atoms with Crippen LogP contribution in [0.4, 0.5) is 4.39 Å². The molecule has 0 aromatic heterocycles. The second-order valence-corrected chi connectivity index (χ2v) is 8.30. The molecule has 1 fully saturated rings. The molecule has 1 aromatic carbocycles. The van der Waals surface area contributed by atoms with Gasteiger partial charge in [0.2, 0.25) is 15.9 Å². The number of carboxylic acid groups (broad SMARTS) is 1. The summed E-state index contributed by atoms with van der Waals surface area (Å²) in [7, 11) is -3.85. The van der Waals surface area contributed by atoms with Crippen LogP contribution in [0.5, 0.6) is 0 Å². The highest BCUT2D eigenvalue weighted by atomic mass is 32.2. The fourth-order valence-corrected chi connectivity index (χ4v) is 4.44. The first kappa shape index (κ1) is 21.0. The van der Waals surface area contributed by atoms with Gasteiger partial charge in [0, 0.05) is 13.1 Å². The molecule has 9 heteroatoms. The van der Waals surface area contributed by atoms with Crippen LogP contribution in [0.25, 0.3) is 0 Å². The summed E-state index contributed by atoms with van der Waals surface area (Å²) in [5, 5.41) is 11.7. The predicted octanol–water partition coefficient (Wildman–Crippen LogP) is 1.76. The number of aliphatic carboxylic acids is 1. The van der Waals surface area contributed by atoms with E-state index in [9.17, 15) is 27.5 Å². The lowest BCUT2D eigenvalue weighted by Crippen LogP contribution is -2.49. The van der Waals surface area contributed by atoms with Crippen LogP contribution >= 0.6 is 0 Å². The van der Waals surface area contributed by atoms with Gasteiger partial charge in [0.25, 0.3) is 0 Å². The first-order chi connectivity index (χ1) is 12.8. The first-order valence-electron chi connectivity index (χ1n) is 8.65. The predicted molar refractivity (Wildman–Crippen MR) is 96.9 cm³/mol. The lowest BCUT2D eigenvalue weighted by atomic mass is 9.98. The Labute approximate surface area is 157 Å². The summed E-state index contributed by atoms with van der Waals surface area (Å²) in [5.41, 5.74) is 0. The second kappa shape index (κ2) is 9.09. The fraction of sp³-hybridized carbons (Fsp3) is 0.444. The van der Waals surface area contributed by atoms with Gasteiger partial charge in [-0.2, -0.15) is 4.31 Å². The van der Waals surface area contributed by atoms with Crippen molar-refractivity contribution in [2.24, 2.45) is 5.92 Å². The van der Waals surface area contributed by atoms with Crippen molar-refractivity contribution in [3.8, 4) is 0 Å². The quantitative estimate of drug-likeness (QED) is 0.681. The van der Waals surface area contributed by atoms with Crippen LogP contribution in [-0.2, 0) is 19.6 Å². The smallest absolute Gasteiger partial charge is 0.326 e. The molecule has 27 heavy (non-hydrogen) atoms. The number of amides is 1. The number of benzene rings is 1. The average Bonchev–Trinajstić information content (AvgIpc) is 2.65. The van der Waals surface area contributed by atoms with Gasteiger partial charge in [0.1, 0.15) is 11.9 Å². The van der Waals surface area contributed by atoms with Crippen LogP contribution in [0, 0.1) is 11.7 Å². The number of nitrogens with one attached hydrogen (secondary N) is 1. The van der Waals surface area contributed by atoms with Crippen LogP contribution in [0.2, 0.25) is 0 Å². The molecule has 148 valence electrons. The molecule has 1 amide bonds. The van der Waals surface area contributed by atoms with Crippen molar-refractivity contribution in [2.45, 2.75) is 37.1 Å². The van der Waals surface area contributed by atoms with Gasteiger partial charge in [-0.15, -0.1) is 0 Å². The minimum absolute atomic E-state index is 0.0402. The van der Waals surface area contributed by atoms with E-state index in [0.717, 1.165) is 12.1 Å². The Hall–Kier alpha value is -2.26. The third-order valence-corrected chi connectivity index (χ3v) is 6.31. The van der Waals surface area contributed by atoms with E-state index >= 15 is 0 Å². The fourth-order valence-electron chi connectivity index (χ4n) is 2.91. The van der Waals surface area contributed by atoms with Crippen molar-refractivity contribution >= 4 is 21.9 Å². The summed E-state index contributed by atoms with van der Waals surface area (Å²) >= 11 is 0. The van der Waals surface area contributed by atoms with Gasteiger partial charge >= 0.3 is 5.97 Å². The number of rotatable bonds is 7. The monoisotopic (exact) mass is 398 g/mol. The Balaban J connectivity index is 2.09. The third kappa shape index (κ3) is 5.36. The number of carbonyl (C=O) groups is 2. The zero-order valence-corrected chi connectivity index (χ0v) is 15.8. The van der Waals surface area contributed by atoms with Crippen LogP contribution < -0.4 is 5.32 Å². The van der Waals surface area contributed by atoms with Crippen molar-refractivity contribution in [3.05, 3.63) is 42.2 Å². The zero-order valence-electron chi connectivity index (χ0n) is 15.0. The Bertz CT molecular complexity index is 808. The van der Waals surface area contributed by atoms with E-state index < -0.39 is 39.7 Å². The molecule has 0 bridgehead atoms. The summed E-state index contributed by atoms with van der Waals surface area (Å²) in [6.45, 7) is 1.96. The zero-order chi connectivity index (χ0) is 20.0. The lowest BCUT2D eigenvalue weighted by molar-refractivity contribution is -0.142. The van der Waals surface area contributed by atoms with Gasteiger partial charge in [0.05, 0.1) is 10.8 Å². The van der Waals surface area contributed by atoms with E-state index in [0.29, 0.717) is 12.8 Å². The van der Waals surface area contributed by atoms with Crippen molar-refractivity contribution in [1.82, 2.24) is 9.62 Å². The molecule has 2 N–H and O–H groups in total. The Kier molecular flexibility index (Phi) is 7.09. The highest BCUT2D eigenvalue weighted by Crippen LogP contribution is 2.24. The number of carboxylic acids is 1. The average molecular weight is 398 g/mol. The largest absolute Gasteiger partial charge is 0.480 e. The molecule has 7 nitrogen and oxygen atoms in total. The van der Waals surface area contributed by atoms with Gasteiger partial charge < -0.3 is 10.4 Å². The highest BCUT2D eigenvalue weighted by molar-refractivity contribution is 7.89. The molecule has 0 saturated carbocycles. The molecular weight excluding hydrogens is 375 g/mol. The number of carbonyl (C=O) groups excluding carboxylic acids is 1. The van der Waals surface area contributed by atoms with Crippen LogP contribution in [0.1, 0.15) is 26.2 Å². The topological polar surface area (TPSA) is 104 Å². The summed E-state index contributed by atoms with van der Waals surface area (Å²) in [6, 6.07) is 3.45. The molecule has 1 saturated heterocycles. The number of piperidine rings is 1. The number of sulfonamides is 1. The number of hydrogen-bond acceptors (Lipinski definition) is 4. The normalized spacial score (nSPS) is 19.7. The van der Waals surface area contributed by atoms with Gasteiger partial charge in [-0.1, -0.05) is 12.2 Å². The maximum absolute atomic E-state index is 13.0. The summed E-state index contributed by atoms with van der Waals surface area (Å²) < 4.78 is 39.7. The van der Waals surface area contributed by atoms with E-state index in [1.165, 1.54) is 16.4 Å². The number of allylic oxidation sites excluding steroid dienone is 1. The third-order valence-electron chi connectivity index (χ3n) is 4.43. The molecule has 2 atom stereocenters. The van der Waals surface area contributed by atoms with Crippen LogP contribution in [0.15, 0.2) is 41.3 Å². The first-order valence-corrected chi connectivity index (χ1v) is 10.1. The SMILES string of the molecule is C/C=C/CC(NC(=O)C1CCCN(S(=O)(=O)c2ccc(F)cc2)C1)C(=O)O. The van der Waals surface area contributed by atoms with Crippen molar-refractivity contribution in [2.75, 3.05) is 13.1 Å². The second-order valence-electron chi connectivity index (χ2n) is 6.36. The van der Waals surface area contributed by atoms with Crippen LogP contribution in [0.3, 0.4) is 0 Å². The minimum Gasteiger partial charge on any atom is -0.480 e. The Morgan fingerprint density at radius 3 is 2.63 bits per heavy atom. The van der Waals surface area contributed by atoms with Gasteiger partial charge in [0.15, 0.2) is 0 Å². The highest BCUT2D eigenvalue weighted by Gasteiger charge is 2.34. The summed E-state index contributed by atoms with van der Waals surface area (Å²) in [5.74, 6) is -2.80. The number of hydrogen-bond donors (Lipinski definition) is 2. The lowest BCUT2D eigenvalue weighted by Gasteiger charge is -2.31. The van der Waals surface area contributed by atoms with E-state index in [1.54, 1.807) is 19.1 Å². The summed E-state index contributed by atoms with van der Waals surface area (Å²) in [4.78, 5) is 23.7. The molecule has 0 aliphatic carbocycles. The van der Waals surface area contributed by atoms with Crippen molar-refractivity contribution < 1.29 is 27.5 Å². The molecule has 0 radical (unpaired) electrons. The van der Waals surface area contributed by atoms with E-state index in [1.807, 2.05) is 0 Å². The van der Waals surface area contributed by atoms with Crippen molar-refractivity contribution in [1.29, 1.82) is 0 Å². The van der Waals surface area contributed by atoms with E-state index in [-0.39, 0.29) is 24.4 Å². The molecule has 1 heterocycles. The molecule has 2 unspecified atom stereocenters. The number of halogens is 1. The molecule has 1 aromatic rings.